The molecule has 0 fully saturated rings. The summed E-state index contributed by atoms with van der Waals surface area (Å²) in [7, 11) is -2.73. The van der Waals surface area contributed by atoms with Crippen LogP contribution >= 0.6 is 0 Å². The van der Waals surface area contributed by atoms with E-state index < -0.39 is 17.8 Å². The highest BCUT2D eigenvalue weighted by atomic mass is 32.2. The van der Waals surface area contributed by atoms with Crippen LogP contribution in [0, 0.1) is 6.92 Å². The van der Waals surface area contributed by atoms with Gasteiger partial charge < -0.3 is 9.47 Å². The minimum Gasteiger partial charge on any atom is -0.382 e. The zero-order valence-electron chi connectivity index (χ0n) is 17.5. The summed E-state index contributed by atoms with van der Waals surface area (Å²) in [6.45, 7) is 10.5. The fraction of sp³-hybridized carbons (Fsp3) is 0.455. The second-order valence-electron chi connectivity index (χ2n) is 8.48. The second kappa shape index (κ2) is 8.49. The molecule has 0 N–H and O–H groups in total. The smallest absolute Gasteiger partial charge is 0.0855 e. The van der Waals surface area contributed by atoms with Gasteiger partial charge in [-0.25, -0.2) is 4.21 Å². The van der Waals surface area contributed by atoms with E-state index in [2.05, 4.69) is 31.8 Å². The van der Waals surface area contributed by atoms with Gasteiger partial charge in [0.25, 0.3) is 0 Å². The lowest BCUT2D eigenvalue weighted by molar-refractivity contribution is 0.0701. The largest absolute Gasteiger partial charge is 0.382 e. The van der Waals surface area contributed by atoms with Crippen LogP contribution in [0.3, 0.4) is 0 Å². The van der Waals surface area contributed by atoms with Gasteiger partial charge in [-0.3, -0.25) is 0 Å². The molecule has 0 unspecified atom stereocenters. The van der Waals surface area contributed by atoms with Crippen LogP contribution in [0.25, 0.3) is 0 Å². The molecule has 0 amide bonds. The Kier molecular flexibility index (Phi) is 6.44. The van der Waals surface area contributed by atoms with Crippen LogP contribution in [0.4, 0.5) is 5.69 Å². The molecule has 0 saturated heterocycles. The molecule has 0 radical (unpaired) electrons. The minimum atomic E-state index is -2.67. The first kappa shape index (κ1) is 21.2. The van der Waals surface area contributed by atoms with Crippen molar-refractivity contribution < 1.29 is 13.7 Å². The van der Waals surface area contributed by atoms with Crippen LogP contribution in [-0.2, 0) is 19.2 Å². The fourth-order valence-electron chi connectivity index (χ4n) is 3.95. The van der Waals surface area contributed by atoms with Crippen LogP contribution < -0.4 is 0 Å². The monoisotopic (exact) mass is 417 g/mol. The summed E-state index contributed by atoms with van der Waals surface area (Å²) in [5.74, 6) is 0. The number of benzene rings is 2. The Balaban J connectivity index is 2.16. The van der Waals surface area contributed by atoms with Crippen LogP contribution in [0.1, 0.15) is 16.7 Å². The van der Waals surface area contributed by atoms with Gasteiger partial charge in [0.2, 0.25) is 0 Å². The predicted octanol–water partition coefficient (Wildman–Crippen LogP) is 5.16. The number of ether oxygens (including phenoxy) is 2. The quantitative estimate of drug-likeness (QED) is 0.462. The average Bonchev–Trinajstić information content (AvgIpc) is 2.64. The molecule has 6 heteroatoms. The molecule has 1 heterocycles. The van der Waals surface area contributed by atoms with Crippen molar-refractivity contribution in [2.45, 2.75) is 42.3 Å². The van der Waals surface area contributed by atoms with Gasteiger partial charge in [-0.2, -0.15) is 4.36 Å². The van der Waals surface area contributed by atoms with Crippen molar-refractivity contribution in [1.82, 2.24) is 0 Å². The van der Waals surface area contributed by atoms with E-state index in [0.29, 0.717) is 19.8 Å². The fourth-order valence-corrected chi connectivity index (χ4v) is 10.5. The first-order valence-electron chi connectivity index (χ1n) is 9.75. The third-order valence-corrected chi connectivity index (χ3v) is 10.8. The van der Waals surface area contributed by atoms with E-state index in [1.807, 2.05) is 43.3 Å². The lowest BCUT2D eigenvalue weighted by Gasteiger charge is -2.40. The molecule has 28 heavy (non-hydrogen) atoms. The maximum Gasteiger partial charge on any atom is 0.0855 e. The Morgan fingerprint density at radius 1 is 1.04 bits per heavy atom. The molecule has 4 nitrogen and oxygen atoms in total. The van der Waals surface area contributed by atoms with Crippen molar-refractivity contribution in [3.63, 3.8) is 0 Å². The molecule has 0 spiro atoms. The number of fused-ring (bicyclic) bond motifs is 1. The molecule has 152 valence electrons. The predicted molar refractivity (Wildman–Crippen MR) is 119 cm³/mol. The van der Waals surface area contributed by atoms with Gasteiger partial charge >= 0.3 is 0 Å². The Morgan fingerprint density at radius 3 is 2.36 bits per heavy atom. The molecule has 2 aromatic carbocycles. The van der Waals surface area contributed by atoms with E-state index in [1.54, 1.807) is 7.11 Å². The van der Waals surface area contributed by atoms with Crippen molar-refractivity contribution in [3.05, 3.63) is 59.7 Å². The Hall–Kier alpha value is -1.47. The highest BCUT2D eigenvalue weighted by molar-refractivity contribution is 7.94. The molecular weight excluding hydrogens is 386 g/mol. The van der Waals surface area contributed by atoms with E-state index in [0.717, 1.165) is 16.1 Å². The Bertz CT molecular complexity index is 928. The number of methoxy groups -OCH3 is 1. The summed E-state index contributed by atoms with van der Waals surface area (Å²) < 4.78 is 30.4. The van der Waals surface area contributed by atoms with Gasteiger partial charge in [0.15, 0.2) is 0 Å². The summed E-state index contributed by atoms with van der Waals surface area (Å²) in [5.41, 5.74) is 3.44. The lowest BCUT2D eigenvalue weighted by Crippen LogP contribution is -2.46. The van der Waals surface area contributed by atoms with Crippen LogP contribution in [-0.4, -0.2) is 44.5 Å². The van der Waals surface area contributed by atoms with E-state index in [-0.39, 0.29) is 10.8 Å². The van der Waals surface area contributed by atoms with Crippen molar-refractivity contribution in [2.24, 2.45) is 4.36 Å². The zero-order valence-corrected chi connectivity index (χ0v) is 19.3. The Labute approximate surface area is 170 Å². The van der Waals surface area contributed by atoms with Gasteiger partial charge in [0.05, 0.1) is 48.6 Å². The first-order chi connectivity index (χ1) is 13.3. The van der Waals surface area contributed by atoms with Crippen molar-refractivity contribution in [3.8, 4) is 0 Å². The second-order valence-corrected chi connectivity index (χ2v) is 16.2. The summed E-state index contributed by atoms with van der Waals surface area (Å²) in [4.78, 5) is 0.802. The van der Waals surface area contributed by atoms with Crippen molar-refractivity contribution in [2.75, 3.05) is 26.9 Å². The van der Waals surface area contributed by atoms with Crippen LogP contribution in [0.15, 0.2) is 57.8 Å². The number of hydrogen-bond donors (Lipinski definition) is 0. The maximum absolute atomic E-state index is 14.5. The third-order valence-electron chi connectivity index (χ3n) is 5.29. The average molecular weight is 418 g/mol. The van der Waals surface area contributed by atoms with Crippen molar-refractivity contribution >= 4 is 23.5 Å². The topological polar surface area (TPSA) is 47.9 Å². The SMILES string of the molecule is COCCOC[C@@H]1[C@H]([Si](C)(C)C)c2ccccc2N=[S@@]1(=O)c1ccc(C)cc1. The molecule has 2 aromatic rings. The molecule has 0 aliphatic carbocycles. The normalized spacial score (nSPS) is 24.5. The Morgan fingerprint density at radius 2 is 1.71 bits per heavy atom. The van der Waals surface area contributed by atoms with Crippen LogP contribution in [0.2, 0.25) is 19.6 Å². The van der Waals surface area contributed by atoms with E-state index in [4.69, 9.17) is 13.8 Å². The zero-order chi connectivity index (χ0) is 20.4. The standard InChI is InChI=1S/C22H31NO3SSi/c1-17-10-12-18(13-11-17)27(24)21(16-26-15-14-25-2)22(28(3,4)5)19-8-6-7-9-20(19)23-27/h6-13,21-22H,14-16H2,1-5H3/t21-,22-,27-/m1/s1. The molecule has 0 bridgehead atoms. The number of hydrogen-bond acceptors (Lipinski definition) is 4. The summed E-state index contributed by atoms with van der Waals surface area (Å²) >= 11 is 0. The summed E-state index contributed by atoms with van der Waals surface area (Å²) in [6.07, 6.45) is 0. The first-order valence-corrected chi connectivity index (χ1v) is 14.9. The van der Waals surface area contributed by atoms with Gasteiger partial charge in [-0.05, 0) is 36.2 Å². The molecule has 1 aliphatic rings. The number of nitrogens with zero attached hydrogens (tertiary/aromatic N) is 1. The van der Waals surface area contributed by atoms with Gasteiger partial charge in [-0.15, -0.1) is 0 Å². The van der Waals surface area contributed by atoms with Gasteiger partial charge in [0.1, 0.15) is 0 Å². The van der Waals surface area contributed by atoms with E-state index >= 15 is 0 Å². The minimum absolute atomic E-state index is 0.173. The number of rotatable bonds is 7. The molecule has 1 aliphatic heterocycles. The van der Waals surface area contributed by atoms with Crippen molar-refractivity contribution in [1.29, 1.82) is 0 Å². The number of aryl methyl sites for hydroxylation is 1. The van der Waals surface area contributed by atoms with Gasteiger partial charge in [-0.1, -0.05) is 55.5 Å². The van der Waals surface area contributed by atoms with E-state index in [9.17, 15) is 4.21 Å². The lowest BCUT2D eigenvalue weighted by atomic mass is 10.1. The maximum atomic E-state index is 14.5. The molecule has 0 saturated carbocycles. The molecule has 3 atom stereocenters. The summed E-state index contributed by atoms with van der Waals surface area (Å²) in [6, 6.07) is 16.2. The molecular formula is C22H31NO3SSi. The summed E-state index contributed by atoms with van der Waals surface area (Å²) in [5, 5.41) is -0.173. The third kappa shape index (κ3) is 4.25. The van der Waals surface area contributed by atoms with Gasteiger partial charge in [0, 0.05) is 12.0 Å². The highest BCUT2D eigenvalue weighted by Gasteiger charge is 2.45. The van der Waals surface area contributed by atoms with Crippen LogP contribution in [0.5, 0.6) is 0 Å². The van der Waals surface area contributed by atoms with E-state index in [1.165, 1.54) is 5.56 Å². The highest BCUT2D eigenvalue weighted by Crippen LogP contribution is 2.46. The molecule has 3 rings (SSSR count). The molecule has 0 aromatic heterocycles.